The van der Waals surface area contributed by atoms with Crippen molar-refractivity contribution < 1.29 is 19.4 Å². The van der Waals surface area contributed by atoms with E-state index in [9.17, 15) is 14.7 Å². The van der Waals surface area contributed by atoms with E-state index in [2.05, 4.69) is 18.7 Å². The number of rotatable bonds is 5. The molecule has 1 atom stereocenters. The molecule has 2 aromatic rings. The fourth-order valence-electron chi connectivity index (χ4n) is 3.51. The van der Waals surface area contributed by atoms with E-state index >= 15 is 0 Å². The van der Waals surface area contributed by atoms with Gasteiger partial charge in [-0.25, -0.2) is 9.59 Å². The van der Waals surface area contributed by atoms with E-state index in [0.717, 1.165) is 27.2 Å². The Morgan fingerprint density at radius 1 is 1.12 bits per heavy atom. The number of hydrogen-bond donors (Lipinski definition) is 1. The Kier molecular flexibility index (Phi) is 4.80. The van der Waals surface area contributed by atoms with E-state index in [1.165, 1.54) is 7.05 Å². The van der Waals surface area contributed by atoms with Gasteiger partial charge >= 0.3 is 12.1 Å². The maximum absolute atomic E-state index is 12.4. The van der Waals surface area contributed by atoms with Gasteiger partial charge in [-0.05, 0) is 34.8 Å². The third-order valence-corrected chi connectivity index (χ3v) is 4.71. The third kappa shape index (κ3) is 3.08. The lowest BCUT2D eigenvalue weighted by molar-refractivity contribution is -0.140. The molecule has 0 radical (unpaired) electrons. The molecule has 0 bridgehead atoms. The van der Waals surface area contributed by atoms with E-state index in [4.69, 9.17) is 4.74 Å². The lowest BCUT2D eigenvalue weighted by Crippen LogP contribution is -2.43. The average molecular weight is 351 g/mol. The first-order chi connectivity index (χ1) is 12.4. The Morgan fingerprint density at radius 3 is 2.08 bits per heavy atom. The first-order valence-corrected chi connectivity index (χ1v) is 8.37. The molecule has 0 saturated heterocycles. The molecule has 134 valence electrons. The zero-order valence-electron chi connectivity index (χ0n) is 14.8. The number of amides is 1. The van der Waals surface area contributed by atoms with E-state index in [0.29, 0.717) is 5.57 Å². The van der Waals surface area contributed by atoms with Gasteiger partial charge < -0.3 is 9.84 Å². The van der Waals surface area contributed by atoms with Crippen LogP contribution in [0.4, 0.5) is 4.79 Å². The number of carbonyl (C=O) groups is 2. The summed E-state index contributed by atoms with van der Waals surface area (Å²) in [4.78, 5) is 24.8. The number of aliphatic carboxylic acids is 1. The van der Waals surface area contributed by atoms with E-state index in [-0.39, 0.29) is 12.5 Å². The van der Waals surface area contributed by atoms with Crippen LogP contribution in [0.1, 0.15) is 24.0 Å². The second-order valence-electron chi connectivity index (χ2n) is 6.50. The first-order valence-electron chi connectivity index (χ1n) is 8.37. The molecule has 5 nitrogen and oxygen atoms in total. The largest absolute Gasteiger partial charge is 0.479 e. The number of benzene rings is 2. The topological polar surface area (TPSA) is 66.8 Å². The van der Waals surface area contributed by atoms with Crippen LogP contribution in [0.3, 0.4) is 0 Å². The number of likely N-dealkylation sites (N-methyl/N-ethyl adjacent to an activating group) is 1. The van der Waals surface area contributed by atoms with Gasteiger partial charge in [-0.2, -0.15) is 0 Å². The highest BCUT2D eigenvalue weighted by atomic mass is 16.6. The highest BCUT2D eigenvalue weighted by molar-refractivity contribution is 5.83. The van der Waals surface area contributed by atoms with Gasteiger partial charge in [0.05, 0.1) is 0 Å². The summed E-state index contributed by atoms with van der Waals surface area (Å²) in [5.74, 6) is -1.19. The molecule has 5 heteroatoms. The summed E-state index contributed by atoms with van der Waals surface area (Å²) >= 11 is 0. The van der Waals surface area contributed by atoms with Crippen LogP contribution in [0.25, 0.3) is 11.1 Å². The smallest absolute Gasteiger partial charge is 0.410 e. The Morgan fingerprint density at radius 2 is 1.62 bits per heavy atom. The van der Waals surface area contributed by atoms with Gasteiger partial charge in [0, 0.05) is 13.0 Å². The molecule has 1 aliphatic carbocycles. The van der Waals surface area contributed by atoms with Gasteiger partial charge in [-0.1, -0.05) is 55.1 Å². The van der Waals surface area contributed by atoms with Gasteiger partial charge in [-0.3, -0.25) is 4.90 Å². The normalized spacial score (nSPS) is 13.5. The number of ether oxygens (including phenoxy) is 1. The molecule has 0 aromatic heterocycles. The predicted molar refractivity (Wildman–Crippen MR) is 99.1 cm³/mol. The van der Waals surface area contributed by atoms with Crippen molar-refractivity contribution in [3.05, 3.63) is 71.8 Å². The van der Waals surface area contributed by atoms with Gasteiger partial charge in [-0.15, -0.1) is 0 Å². The summed E-state index contributed by atoms with van der Waals surface area (Å²) in [5.41, 5.74) is 4.87. The molecule has 26 heavy (non-hydrogen) atoms. The van der Waals surface area contributed by atoms with Crippen LogP contribution >= 0.6 is 0 Å². The molecular weight excluding hydrogens is 330 g/mol. The summed E-state index contributed by atoms with van der Waals surface area (Å²) in [7, 11) is 1.41. The van der Waals surface area contributed by atoms with Crippen molar-refractivity contribution in [1.29, 1.82) is 0 Å². The summed E-state index contributed by atoms with van der Waals surface area (Å²) in [6.45, 7) is 5.37. The molecule has 0 heterocycles. The molecule has 2 aromatic carbocycles. The SMILES string of the molecule is C=C(C)C(C(=O)O)N(C)C(=O)OCC1c2ccccc2-c2ccccc21. The summed E-state index contributed by atoms with van der Waals surface area (Å²) in [6, 6.07) is 15.0. The number of nitrogens with zero attached hydrogens (tertiary/aromatic N) is 1. The maximum atomic E-state index is 12.4. The van der Waals surface area contributed by atoms with Gasteiger partial charge in [0.15, 0.2) is 6.04 Å². The first kappa shape index (κ1) is 17.7. The number of carboxylic acid groups (broad SMARTS) is 1. The lowest BCUT2D eigenvalue weighted by atomic mass is 9.98. The average Bonchev–Trinajstić information content (AvgIpc) is 2.93. The van der Waals surface area contributed by atoms with Gasteiger partial charge in [0.2, 0.25) is 0 Å². The zero-order valence-corrected chi connectivity index (χ0v) is 14.8. The van der Waals surface area contributed by atoms with Crippen LogP contribution in [0.15, 0.2) is 60.7 Å². The molecule has 0 saturated carbocycles. The van der Waals surface area contributed by atoms with Crippen LogP contribution in [0, 0.1) is 0 Å². The van der Waals surface area contributed by atoms with Crippen LogP contribution in [-0.2, 0) is 9.53 Å². The second-order valence-corrected chi connectivity index (χ2v) is 6.50. The molecule has 0 spiro atoms. The Bertz CT molecular complexity index is 814. The van der Waals surface area contributed by atoms with Crippen LogP contribution < -0.4 is 0 Å². The highest BCUT2D eigenvalue weighted by Crippen LogP contribution is 2.44. The third-order valence-electron chi connectivity index (χ3n) is 4.71. The summed E-state index contributed by atoms with van der Waals surface area (Å²) in [6.07, 6.45) is -0.678. The monoisotopic (exact) mass is 351 g/mol. The molecule has 1 aliphatic rings. The number of carbonyl (C=O) groups excluding carboxylic acids is 1. The molecule has 1 N–H and O–H groups in total. The zero-order chi connectivity index (χ0) is 18.8. The molecule has 1 unspecified atom stereocenters. The fraction of sp³-hybridized carbons (Fsp3) is 0.238. The van der Waals surface area contributed by atoms with E-state index in [1.807, 2.05) is 36.4 Å². The Labute approximate surface area is 152 Å². The van der Waals surface area contributed by atoms with Gasteiger partial charge in [0.25, 0.3) is 0 Å². The van der Waals surface area contributed by atoms with E-state index < -0.39 is 18.1 Å². The molecule has 3 rings (SSSR count). The molecule has 1 amide bonds. The fourth-order valence-corrected chi connectivity index (χ4v) is 3.51. The van der Waals surface area contributed by atoms with Crippen molar-refractivity contribution in [2.45, 2.75) is 18.9 Å². The summed E-state index contributed by atoms with van der Waals surface area (Å²) < 4.78 is 5.47. The molecule has 0 aliphatic heterocycles. The van der Waals surface area contributed by atoms with Crippen molar-refractivity contribution in [2.24, 2.45) is 0 Å². The minimum absolute atomic E-state index is 0.0622. The number of fused-ring (bicyclic) bond motifs is 3. The van der Waals surface area contributed by atoms with Crippen molar-refractivity contribution in [3.63, 3.8) is 0 Å². The van der Waals surface area contributed by atoms with Crippen LogP contribution in [0.5, 0.6) is 0 Å². The number of carboxylic acids is 1. The minimum Gasteiger partial charge on any atom is -0.479 e. The number of hydrogen-bond acceptors (Lipinski definition) is 3. The Balaban J connectivity index is 1.79. The Hall–Kier alpha value is -3.08. The molecular formula is C21H21NO4. The van der Waals surface area contributed by atoms with Crippen molar-refractivity contribution in [1.82, 2.24) is 4.90 Å². The van der Waals surface area contributed by atoms with Gasteiger partial charge in [0.1, 0.15) is 6.61 Å². The van der Waals surface area contributed by atoms with Crippen LogP contribution in [-0.4, -0.2) is 41.8 Å². The standard InChI is InChI=1S/C21H21NO4/c1-13(2)19(20(23)24)22(3)21(25)26-12-18-16-10-6-4-8-14(16)15-9-5-7-11-17(15)18/h4-11,18-19H,1,12H2,2-3H3,(H,23,24). The van der Waals surface area contributed by atoms with Crippen molar-refractivity contribution in [2.75, 3.05) is 13.7 Å². The van der Waals surface area contributed by atoms with Crippen molar-refractivity contribution >= 4 is 12.1 Å². The highest BCUT2D eigenvalue weighted by Gasteiger charge is 2.32. The predicted octanol–water partition coefficient (Wildman–Crippen LogP) is 3.90. The maximum Gasteiger partial charge on any atom is 0.410 e. The van der Waals surface area contributed by atoms with Crippen LogP contribution in [0.2, 0.25) is 0 Å². The minimum atomic E-state index is -1.13. The summed E-state index contributed by atoms with van der Waals surface area (Å²) in [5, 5.41) is 9.29. The van der Waals surface area contributed by atoms with E-state index in [1.54, 1.807) is 6.92 Å². The van der Waals surface area contributed by atoms with Crippen molar-refractivity contribution in [3.8, 4) is 11.1 Å². The second kappa shape index (κ2) is 7.04. The quantitative estimate of drug-likeness (QED) is 0.830. The lowest BCUT2D eigenvalue weighted by Gasteiger charge is -2.25. The molecule has 0 fully saturated rings.